The fraction of sp³-hybridized carbons (Fsp3) is 0.400. The van der Waals surface area contributed by atoms with Gasteiger partial charge >= 0.3 is 0 Å². The zero-order valence-electron chi connectivity index (χ0n) is 8.57. The van der Waals surface area contributed by atoms with Crippen LogP contribution in [0.4, 0.5) is 5.69 Å². The summed E-state index contributed by atoms with van der Waals surface area (Å²) >= 11 is 3.28. The van der Waals surface area contributed by atoms with Crippen molar-refractivity contribution >= 4 is 21.6 Å². The van der Waals surface area contributed by atoms with E-state index in [0.29, 0.717) is 18.3 Å². The van der Waals surface area contributed by atoms with Crippen molar-refractivity contribution in [1.29, 1.82) is 0 Å². The van der Waals surface area contributed by atoms with Gasteiger partial charge in [0, 0.05) is 6.07 Å². The van der Waals surface area contributed by atoms with Crippen LogP contribution in [-0.2, 0) is 0 Å². The highest BCUT2D eigenvalue weighted by molar-refractivity contribution is 9.10. The molecular weight excluding hydrogens is 262 g/mol. The zero-order chi connectivity index (χ0) is 11.4. The molecule has 0 N–H and O–H groups in total. The molecule has 1 aromatic rings. The Morgan fingerprint density at radius 2 is 2.20 bits per heavy atom. The van der Waals surface area contributed by atoms with E-state index >= 15 is 0 Å². The van der Waals surface area contributed by atoms with Gasteiger partial charge < -0.3 is 4.74 Å². The SMILES string of the molecule is CC(C)COc1cc([N+](=O)[O-])ccc1Br. The summed E-state index contributed by atoms with van der Waals surface area (Å²) in [6, 6.07) is 4.48. The molecule has 1 rings (SSSR count). The van der Waals surface area contributed by atoms with Crippen LogP contribution >= 0.6 is 15.9 Å². The molecule has 0 aliphatic heterocycles. The van der Waals surface area contributed by atoms with E-state index in [1.54, 1.807) is 6.07 Å². The molecule has 0 aliphatic rings. The molecule has 0 heterocycles. The van der Waals surface area contributed by atoms with Crippen molar-refractivity contribution in [2.45, 2.75) is 13.8 Å². The van der Waals surface area contributed by atoms with Crippen LogP contribution in [0.3, 0.4) is 0 Å². The van der Waals surface area contributed by atoms with Gasteiger partial charge in [0.25, 0.3) is 5.69 Å². The number of nitro groups is 1. The van der Waals surface area contributed by atoms with Gasteiger partial charge in [0.05, 0.1) is 22.1 Å². The Hall–Kier alpha value is -1.10. The molecule has 4 nitrogen and oxygen atoms in total. The molecule has 1 aromatic carbocycles. The molecule has 0 spiro atoms. The highest BCUT2D eigenvalue weighted by atomic mass is 79.9. The van der Waals surface area contributed by atoms with Crippen molar-refractivity contribution in [2.24, 2.45) is 5.92 Å². The van der Waals surface area contributed by atoms with Crippen molar-refractivity contribution in [3.63, 3.8) is 0 Å². The van der Waals surface area contributed by atoms with Gasteiger partial charge in [0.1, 0.15) is 5.75 Å². The monoisotopic (exact) mass is 273 g/mol. The van der Waals surface area contributed by atoms with E-state index in [4.69, 9.17) is 4.74 Å². The zero-order valence-corrected chi connectivity index (χ0v) is 10.2. The van der Waals surface area contributed by atoms with E-state index < -0.39 is 4.92 Å². The third kappa shape index (κ3) is 3.51. The second-order valence-electron chi connectivity index (χ2n) is 3.58. The molecule has 0 atom stereocenters. The van der Waals surface area contributed by atoms with Gasteiger partial charge in [-0.15, -0.1) is 0 Å². The van der Waals surface area contributed by atoms with Gasteiger partial charge in [-0.05, 0) is 27.9 Å². The smallest absolute Gasteiger partial charge is 0.273 e. The molecular formula is C10H12BrNO3. The lowest BCUT2D eigenvalue weighted by atomic mass is 10.2. The lowest BCUT2D eigenvalue weighted by molar-refractivity contribution is -0.385. The largest absolute Gasteiger partial charge is 0.492 e. The number of halogens is 1. The molecule has 5 heteroatoms. The third-order valence-corrected chi connectivity index (χ3v) is 2.35. The van der Waals surface area contributed by atoms with E-state index in [0.717, 1.165) is 4.47 Å². The number of non-ortho nitro benzene ring substituents is 1. The number of hydrogen-bond acceptors (Lipinski definition) is 3. The molecule has 82 valence electrons. The average Bonchev–Trinajstić information content (AvgIpc) is 2.16. The number of nitro benzene ring substituents is 1. The number of nitrogens with zero attached hydrogens (tertiary/aromatic N) is 1. The summed E-state index contributed by atoms with van der Waals surface area (Å²) in [5.74, 6) is 0.897. The van der Waals surface area contributed by atoms with Gasteiger partial charge in [0.15, 0.2) is 0 Å². The molecule has 0 fully saturated rings. The maximum absolute atomic E-state index is 10.5. The van der Waals surface area contributed by atoms with Crippen LogP contribution in [0.2, 0.25) is 0 Å². The molecule has 0 aliphatic carbocycles. The van der Waals surface area contributed by atoms with Crippen molar-refractivity contribution in [3.8, 4) is 5.75 Å². The first-order valence-electron chi connectivity index (χ1n) is 4.57. The Morgan fingerprint density at radius 1 is 1.53 bits per heavy atom. The minimum absolute atomic E-state index is 0.0388. The Kier molecular flexibility index (Phi) is 4.08. The van der Waals surface area contributed by atoms with Crippen LogP contribution in [0.1, 0.15) is 13.8 Å². The molecule has 0 amide bonds. The summed E-state index contributed by atoms with van der Waals surface area (Å²) in [5.41, 5.74) is 0.0388. The molecule has 0 radical (unpaired) electrons. The first kappa shape index (κ1) is 12.0. The summed E-state index contributed by atoms with van der Waals surface area (Å²) in [6.45, 7) is 4.58. The fourth-order valence-corrected chi connectivity index (χ4v) is 1.33. The summed E-state index contributed by atoms with van der Waals surface area (Å²) in [7, 11) is 0. The summed E-state index contributed by atoms with van der Waals surface area (Å²) in [5, 5.41) is 10.5. The van der Waals surface area contributed by atoms with Crippen molar-refractivity contribution in [1.82, 2.24) is 0 Å². The predicted molar refractivity (Wildman–Crippen MR) is 61.1 cm³/mol. The van der Waals surface area contributed by atoms with Crippen LogP contribution in [0.25, 0.3) is 0 Å². The van der Waals surface area contributed by atoms with E-state index in [1.165, 1.54) is 12.1 Å². The van der Waals surface area contributed by atoms with Crippen molar-refractivity contribution in [2.75, 3.05) is 6.61 Å². The maximum atomic E-state index is 10.5. The second-order valence-corrected chi connectivity index (χ2v) is 4.43. The molecule has 0 bridgehead atoms. The minimum Gasteiger partial charge on any atom is -0.492 e. The molecule has 0 aromatic heterocycles. The standard InChI is InChI=1S/C10H12BrNO3/c1-7(2)6-15-10-5-8(12(13)14)3-4-9(10)11/h3-5,7H,6H2,1-2H3. The minimum atomic E-state index is -0.436. The van der Waals surface area contributed by atoms with Gasteiger partial charge in [0.2, 0.25) is 0 Å². The fourth-order valence-electron chi connectivity index (χ4n) is 0.973. The molecule has 0 unspecified atom stereocenters. The topological polar surface area (TPSA) is 52.4 Å². The average molecular weight is 274 g/mol. The second kappa shape index (κ2) is 5.11. The predicted octanol–water partition coefficient (Wildman–Crippen LogP) is 3.39. The Labute approximate surface area is 96.5 Å². The van der Waals surface area contributed by atoms with E-state index in [-0.39, 0.29) is 5.69 Å². The van der Waals surface area contributed by atoms with Crippen LogP contribution in [0.15, 0.2) is 22.7 Å². The van der Waals surface area contributed by atoms with E-state index in [9.17, 15) is 10.1 Å². The summed E-state index contributed by atoms with van der Waals surface area (Å²) in [4.78, 5) is 10.1. The summed E-state index contributed by atoms with van der Waals surface area (Å²) < 4.78 is 6.17. The Balaban J connectivity index is 2.85. The first-order chi connectivity index (χ1) is 7.00. The maximum Gasteiger partial charge on any atom is 0.273 e. The van der Waals surface area contributed by atoms with Crippen LogP contribution in [0.5, 0.6) is 5.75 Å². The van der Waals surface area contributed by atoms with Crippen molar-refractivity contribution < 1.29 is 9.66 Å². The molecule has 0 saturated carbocycles. The van der Waals surface area contributed by atoms with Gasteiger partial charge in [-0.1, -0.05) is 13.8 Å². The Bertz CT molecular complexity index is 366. The third-order valence-electron chi connectivity index (χ3n) is 1.70. The normalized spacial score (nSPS) is 10.4. The van der Waals surface area contributed by atoms with E-state index in [2.05, 4.69) is 15.9 Å². The highest BCUT2D eigenvalue weighted by Crippen LogP contribution is 2.29. The van der Waals surface area contributed by atoms with E-state index in [1.807, 2.05) is 13.8 Å². The highest BCUT2D eigenvalue weighted by Gasteiger charge is 2.10. The molecule has 15 heavy (non-hydrogen) atoms. The Morgan fingerprint density at radius 3 is 2.73 bits per heavy atom. The first-order valence-corrected chi connectivity index (χ1v) is 5.36. The van der Waals surface area contributed by atoms with Crippen LogP contribution in [-0.4, -0.2) is 11.5 Å². The lowest BCUT2D eigenvalue weighted by Crippen LogP contribution is -2.05. The summed E-state index contributed by atoms with van der Waals surface area (Å²) in [6.07, 6.45) is 0. The van der Waals surface area contributed by atoms with Crippen molar-refractivity contribution in [3.05, 3.63) is 32.8 Å². The number of rotatable bonds is 4. The number of benzene rings is 1. The van der Waals surface area contributed by atoms with Crippen LogP contribution < -0.4 is 4.74 Å². The lowest BCUT2D eigenvalue weighted by Gasteiger charge is -2.09. The number of ether oxygens (including phenoxy) is 1. The molecule has 0 saturated heterocycles. The van der Waals surface area contributed by atoms with Gasteiger partial charge in [-0.25, -0.2) is 0 Å². The van der Waals surface area contributed by atoms with Gasteiger partial charge in [-0.3, -0.25) is 10.1 Å². The van der Waals surface area contributed by atoms with Crippen LogP contribution in [0, 0.1) is 16.0 Å². The number of hydrogen-bond donors (Lipinski definition) is 0. The van der Waals surface area contributed by atoms with Gasteiger partial charge in [-0.2, -0.15) is 0 Å². The quantitative estimate of drug-likeness (QED) is 0.624.